The van der Waals surface area contributed by atoms with Crippen molar-refractivity contribution in [2.24, 2.45) is 0 Å². The van der Waals surface area contributed by atoms with Crippen molar-refractivity contribution in [2.45, 2.75) is 13.8 Å². The van der Waals surface area contributed by atoms with Crippen LogP contribution in [0, 0.1) is 13.8 Å². The molecular weight excluding hydrogens is 366 g/mol. The van der Waals surface area contributed by atoms with Gasteiger partial charge in [-0.1, -0.05) is 35.9 Å². The largest absolute Gasteiger partial charge is 0.451 e. The third-order valence-corrected chi connectivity index (χ3v) is 5.40. The number of hydrogen-bond donors (Lipinski definition) is 1. The Balaban J connectivity index is 1.32. The molecule has 2 aromatic carbocycles. The monoisotopic (exact) mass is 391 g/mol. The average Bonchev–Trinajstić information content (AvgIpc) is 3.06. The highest BCUT2D eigenvalue weighted by molar-refractivity contribution is 5.99. The Hall–Kier alpha value is -3.12. The van der Waals surface area contributed by atoms with Gasteiger partial charge < -0.3 is 14.6 Å². The lowest BCUT2D eigenvalue weighted by Gasteiger charge is -2.33. The summed E-state index contributed by atoms with van der Waals surface area (Å²) in [5, 5.41) is 3.90. The highest BCUT2D eigenvalue weighted by Gasteiger charge is 2.27. The van der Waals surface area contributed by atoms with Gasteiger partial charge >= 0.3 is 0 Å². The van der Waals surface area contributed by atoms with E-state index in [1.807, 2.05) is 62.4 Å². The lowest BCUT2D eigenvalue weighted by Crippen LogP contribution is -2.50. The van der Waals surface area contributed by atoms with E-state index in [1.54, 1.807) is 4.90 Å². The molecule has 2 amide bonds. The Bertz CT molecular complexity index is 1030. The predicted octanol–water partition coefficient (Wildman–Crippen LogP) is 3.45. The molecule has 1 aliphatic heterocycles. The molecule has 150 valence electrons. The van der Waals surface area contributed by atoms with Crippen molar-refractivity contribution < 1.29 is 14.0 Å². The molecule has 0 saturated carbocycles. The summed E-state index contributed by atoms with van der Waals surface area (Å²) in [5.74, 6) is 0.293. The molecule has 3 aromatic rings. The minimum atomic E-state index is -0.0811. The summed E-state index contributed by atoms with van der Waals surface area (Å²) in [5.41, 5.74) is 3.57. The fraction of sp³-hybridized carbons (Fsp3) is 0.304. The summed E-state index contributed by atoms with van der Waals surface area (Å²) in [4.78, 5) is 29.1. The van der Waals surface area contributed by atoms with E-state index in [-0.39, 0.29) is 11.8 Å². The number of benzene rings is 2. The first-order chi connectivity index (χ1) is 14.0. The maximum Gasteiger partial charge on any atom is 0.289 e. The van der Waals surface area contributed by atoms with E-state index in [2.05, 4.69) is 10.2 Å². The van der Waals surface area contributed by atoms with E-state index < -0.39 is 0 Å². The number of rotatable bonds is 4. The third kappa shape index (κ3) is 4.17. The Labute approximate surface area is 170 Å². The van der Waals surface area contributed by atoms with Gasteiger partial charge in [0, 0.05) is 42.8 Å². The molecule has 0 aliphatic carbocycles. The van der Waals surface area contributed by atoms with Crippen molar-refractivity contribution >= 4 is 28.5 Å². The van der Waals surface area contributed by atoms with Gasteiger partial charge in [-0.25, -0.2) is 0 Å². The molecule has 1 aliphatic rings. The van der Waals surface area contributed by atoms with Crippen LogP contribution in [0.2, 0.25) is 0 Å². The quantitative estimate of drug-likeness (QED) is 0.740. The molecule has 1 N–H and O–H groups in total. The van der Waals surface area contributed by atoms with Crippen LogP contribution in [0.5, 0.6) is 0 Å². The van der Waals surface area contributed by atoms with Crippen LogP contribution in [0.3, 0.4) is 0 Å². The first kappa shape index (κ1) is 19.2. The lowest BCUT2D eigenvalue weighted by molar-refractivity contribution is -0.117. The van der Waals surface area contributed by atoms with Crippen molar-refractivity contribution in [1.29, 1.82) is 0 Å². The van der Waals surface area contributed by atoms with Gasteiger partial charge in [0.25, 0.3) is 5.91 Å². The van der Waals surface area contributed by atoms with E-state index in [9.17, 15) is 9.59 Å². The summed E-state index contributed by atoms with van der Waals surface area (Å²) in [6.45, 7) is 6.72. The molecule has 6 nitrogen and oxygen atoms in total. The summed E-state index contributed by atoms with van der Waals surface area (Å²) < 4.78 is 5.81. The fourth-order valence-electron chi connectivity index (χ4n) is 3.67. The number of nitrogens with one attached hydrogen (secondary N) is 1. The molecule has 0 spiro atoms. The maximum absolute atomic E-state index is 12.9. The van der Waals surface area contributed by atoms with E-state index in [1.165, 1.54) is 0 Å². The van der Waals surface area contributed by atoms with Crippen LogP contribution < -0.4 is 5.32 Å². The summed E-state index contributed by atoms with van der Waals surface area (Å²) in [7, 11) is 0. The number of fused-ring (bicyclic) bond motifs is 1. The van der Waals surface area contributed by atoms with E-state index in [4.69, 9.17) is 4.42 Å². The van der Waals surface area contributed by atoms with Crippen molar-refractivity contribution in [2.75, 3.05) is 38.0 Å². The number of nitrogens with zero attached hydrogens (tertiary/aromatic N) is 2. The van der Waals surface area contributed by atoms with E-state index in [0.717, 1.165) is 27.8 Å². The van der Waals surface area contributed by atoms with Gasteiger partial charge in [-0.2, -0.15) is 0 Å². The molecule has 4 rings (SSSR count). The lowest BCUT2D eigenvalue weighted by atomic mass is 10.1. The highest BCUT2D eigenvalue weighted by atomic mass is 16.3. The van der Waals surface area contributed by atoms with Gasteiger partial charge in [-0.15, -0.1) is 0 Å². The van der Waals surface area contributed by atoms with Crippen molar-refractivity contribution in [3.63, 3.8) is 0 Å². The fourth-order valence-corrected chi connectivity index (χ4v) is 3.67. The van der Waals surface area contributed by atoms with Crippen LogP contribution in [0.25, 0.3) is 11.0 Å². The van der Waals surface area contributed by atoms with Crippen molar-refractivity contribution in [3.05, 3.63) is 65.4 Å². The normalized spacial score (nSPS) is 14.9. The molecule has 29 heavy (non-hydrogen) atoms. The molecule has 0 unspecified atom stereocenters. The van der Waals surface area contributed by atoms with Gasteiger partial charge in [-0.3, -0.25) is 14.5 Å². The zero-order valence-electron chi connectivity index (χ0n) is 16.8. The molecule has 0 atom stereocenters. The Morgan fingerprint density at radius 1 is 0.966 bits per heavy atom. The molecule has 0 bridgehead atoms. The Morgan fingerprint density at radius 3 is 2.34 bits per heavy atom. The molecule has 1 saturated heterocycles. The predicted molar refractivity (Wildman–Crippen MR) is 113 cm³/mol. The first-order valence-corrected chi connectivity index (χ1v) is 9.87. The standard InChI is InChI=1S/C23H25N3O3/c1-16-7-9-18(10-8-16)24-21(27)15-25-11-13-26(14-12-25)23(28)22-17(2)19-5-3-4-6-20(19)29-22/h3-10H,11-15H2,1-2H3,(H,24,27). The second kappa shape index (κ2) is 8.09. The number of hydrogen-bond acceptors (Lipinski definition) is 4. The first-order valence-electron chi connectivity index (χ1n) is 9.87. The van der Waals surface area contributed by atoms with Crippen LogP contribution in [0.15, 0.2) is 52.9 Å². The summed E-state index contributed by atoms with van der Waals surface area (Å²) >= 11 is 0. The number of furan rings is 1. The summed E-state index contributed by atoms with van der Waals surface area (Å²) in [6, 6.07) is 15.4. The van der Waals surface area contributed by atoms with Crippen LogP contribution >= 0.6 is 0 Å². The third-order valence-electron chi connectivity index (χ3n) is 5.40. The molecule has 1 fully saturated rings. The van der Waals surface area contributed by atoms with Gasteiger partial charge in [0.15, 0.2) is 5.76 Å². The van der Waals surface area contributed by atoms with Crippen molar-refractivity contribution in [1.82, 2.24) is 9.80 Å². The average molecular weight is 391 g/mol. The SMILES string of the molecule is Cc1ccc(NC(=O)CN2CCN(C(=O)c3oc4ccccc4c3C)CC2)cc1. The van der Waals surface area contributed by atoms with Crippen LogP contribution in [-0.2, 0) is 4.79 Å². The number of carbonyl (C=O) groups excluding carboxylic acids is 2. The smallest absolute Gasteiger partial charge is 0.289 e. The number of aryl methyl sites for hydroxylation is 2. The molecule has 1 aromatic heterocycles. The zero-order valence-corrected chi connectivity index (χ0v) is 16.8. The van der Waals surface area contributed by atoms with Gasteiger partial charge in [0.2, 0.25) is 5.91 Å². The maximum atomic E-state index is 12.9. The van der Waals surface area contributed by atoms with Crippen LogP contribution in [0.4, 0.5) is 5.69 Å². The topological polar surface area (TPSA) is 65.8 Å². The minimum Gasteiger partial charge on any atom is -0.451 e. The van der Waals surface area contributed by atoms with Gasteiger partial charge in [0.05, 0.1) is 6.54 Å². The number of carbonyl (C=O) groups is 2. The van der Waals surface area contributed by atoms with Gasteiger partial charge in [0.1, 0.15) is 5.58 Å². The molecular formula is C23H25N3O3. The molecule has 0 radical (unpaired) electrons. The second-order valence-corrected chi connectivity index (χ2v) is 7.53. The summed E-state index contributed by atoms with van der Waals surface area (Å²) in [6.07, 6.45) is 0. The number of piperazine rings is 1. The van der Waals surface area contributed by atoms with Gasteiger partial charge in [-0.05, 0) is 32.0 Å². The molecule has 6 heteroatoms. The zero-order chi connectivity index (χ0) is 20.4. The number of para-hydroxylation sites is 1. The second-order valence-electron chi connectivity index (χ2n) is 7.53. The molecule has 2 heterocycles. The van der Waals surface area contributed by atoms with Crippen molar-refractivity contribution in [3.8, 4) is 0 Å². The van der Waals surface area contributed by atoms with Crippen LogP contribution in [0.1, 0.15) is 21.7 Å². The van der Waals surface area contributed by atoms with E-state index in [0.29, 0.717) is 38.5 Å². The Kier molecular flexibility index (Phi) is 5.36. The highest BCUT2D eigenvalue weighted by Crippen LogP contribution is 2.26. The minimum absolute atomic E-state index is 0.0400. The number of amides is 2. The number of anilines is 1. The van der Waals surface area contributed by atoms with E-state index >= 15 is 0 Å². The Morgan fingerprint density at radius 2 is 1.66 bits per heavy atom. The van der Waals surface area contributed by atoms with Crippen LogP contribution in [-0.4, -0.2) is 54.3 Å².